The number of carbonyl (C=O) groups is 3. The summed E-state index contributed by atoms with van der Waals surface area (Å²) in [6.07, 6.45) is 5.00. The Bertz CT molecular complexity index is 1170. The maximum absolute atomic E-state index is 13.3. The van der Waals surface area contributed by atoms with Crippen molar-refractivity contribution in [2.24, 2.45) is 5.92 Å². The highest BCUT2D eigenvalue weighted by Gasteiger charge is 2.44. The van der Waals surface area contributed by atoms with Crippen LogP contribution in [0.2, 0.25) is 0 Å². The zero-order valence-electron chi connectivity index (χ0n) is 20.7. The molecule has 3 aliphatic heterocycles. The Kier molecular flexibility index (Phi) is 6.66. The molecule has 9 heteroatoms. The number of nitrogens with one attached hydrogen (secondary N) is 1. The number of hydrogen-bond donors (Lipinski definition) is 2. The van der Waals surface area contributed by atoms with Gasteiger partial charge < -0.3 is 20.7 Å². The fourth-order valence-corrected chi connectivity index (χ4v) is 5.64. The lowest BCUT2D eigenvalue weighted by Gasteiger charge is -2.45. The third-order valence-electron chi connectivity index (χ3n) is 7.58. The molecule has 0 atom stereocenters. The van der Waals surface area contributed by atoms with Gasteiger partial charge in [0.25, 0.3) is 0 Å². The summed E-state index contributed by atoms with van der Waals surface area (Å²) in [6.45, 7) is 5.21. The van der Waals surface area contributed by atoms with Crippen LogP contribution < -0.4 is 15.8 Å². The van der Waals surface area contributed by atoms with Crippen LogP contribution in [0.3, 0.4) is 0 Å². The van der Waals surface area contributed by atoms with Gasteiger partial charge in [-0.15, -0.1) is 0 Å². The zero-order chi connectivity index (χ0) is 25.3. The van der Waals surface area contributed by atoms with E-state index in [0.717, 1.165) is 38.0 Å². The van der Waals surface area contributed by atoms with Gasteiger partial charge in [-0.2, -0.15) is 0 Å². The van der Waals surface area contributed by atoms with Crippen molar-refractivity contribution >= 4 is 29.1 Å². The quantitative estimate of drug-likeness (QED) is 0.675. The van der Waals surface area contributed by atoms with Crippen LogP contribution in [0.25, 0.3) is 0 Å². The minimum Gasteiger partial charge on any atom is -0.486 e. The normalized spacial score (nSPS) is 20.0. The molecule has 2 amide bonds. The standard InChI is InChI=1S/C27H33N5O4/c1-18(33)30-21-2-3-24-22(15-21)23(34)16-27(36-24)7-12-32(13-8-27)26(35)20-5-10-31(11-6-20)17-19-4-9-29-25(28)14-19/h2-4,9,14-15,20H,5-8,10-13,16-17H2,1H3,(H2,28,29)(H,30,33). The second-order valence-electron chi connectivity index (χ2n) is 10.2. The summed E-state index contributed by atoms with van der Waals surface area (Å²) in [4.78, 5) is 45.9. The predicted octanol–water partition coefficient (Wildman–Crippen LogP) is 2.86. The van der Waals surface area contributed by atoms with Gasteiger partial charge >= 0.3 is 0 Å². The maximum Gasteiger partial charge on any atom is 0.225 e. The molecule has 2 fully saturated rings. The first kappa shape index (κ1) is 24.2. The summed E-state index contributed by atoms with van der Waals surface area (Å²) in [5.74, 6) is 1.19. The second kappa shape index (κ2) is 9.89. The molecule has 1 aromatic carbocycles. The van der Waals surface area contributed by atoms with E-state index in [2.05, 4.69) is 15.2 Å². The van der Waals surface area contributed by atoms with Crippen LogP contribution in [0.4, 0.5) is 11.5 Å². The Balaban J connectivity index is 1.14. The van der Waals surface area contributed by atoms with E-state index in [1.54, 1.807) is 24.4 Å². The Morgan fingerprint density at radius 2 is 1.89 bits per heavy atom. The molecule has 0 unspecified atom stereocenters. The summed E-state index contributed by atoms with van der Waals surface area (Å²) in [7, 11) is 0. The van der Waals surface area contributed by atoms with E-state index in [4.69, 9.17) is 10.5 Å². The predicted molar refractivity (Wildman–Crippen MR) is 136 cm³/mol. The molecule has 2 aromatic rings. The number of fused-ring (bicyclic) bond motifs is 1. The summed E-state index contributed by atoms with van der Waals surface area (Å²) >= 11 is 0. The molecule has 3 N–H and O–H groups in total. The minimum absolute atomic E-state index is 0.0200. The van der Waals surface area contributed by atoms with Crippen LogP contribution in [0.1, 0.15) is 54.9 Å². The molecule has 5 rings (SSSR count). The van der Waals surface area contributed by atoms with E-state index in [1.165, 1.54) is 6.92 Å². The number of likely N-dealkylation sites (tertiary alicyclic amines) is 2. The summed E-state index contributed by atoms with van der Waals surface area (Å²) in [5.41, 5.74) is 7.46. The number of pyridine rings is 1. The number of anilines is 2. The molecule has 36 heavy (non-hydrogen) atoms. The van der Waals surface area contributed by atoms with Crippen LogP contribution in [-0.2, 0) is 16.1 Å². The Labute approximate surface area is 211 Å². The van der Waals surface area contributed by atoms with Crippen molar-refractivity contribution in [1.82, 2.24) is 14.8 Å². The average molecular weight is 492 g/mol. The fraction of sp³-hybridized carbons (Fsp3) is 0.481. The monoisotopic (exact) mass is 491 g/mol. The number of nitrogen functional groups attached to an aromatic ring is 1. The van der Waals surface area contributed by atoms with Gasteiger partial charge in [-0.3, -0.25) is 19.3 Å². The molecule has 2 saturated heterocycles. The third-order valence-corrected chi connectivity index (χ3v) is 7.58. The number of hydrogen-bond acceptors (Lipinski definition) is 7. The molecular weight excluding hydrogens is 458 g/mol. The van der Waals surface area contributed by atoms with E-state index < -0.39 is 5.60 Å². The summed E-state index contributed by atoms with van der Waals surface area (Å²) in [6, 6.07) is 9.07. The van der Waals surface area contributed by atoms with Crippen LogP contribution in [0.5, 0.6) is 5.75 Å². The third kappa shape index (κ3) is 5.21. The van der Waals surface area contributed by atoms with Crippen LogP contribution in [-0.4, -0.2) is 64.2 Å². The minimum atomic E-state index is -0.563. The van der Waals surface area contributed by atoms with Gasteiger partial charge in [0.15, 0.2) is 5.78 Å². The molecule has 190 valence electrons. The van der Waals surface area contributed by atoms with Crippen LogP contribution in [0, 0.1) is 5.92 Å². The lowest BCUT2D eigenvalue weighted by molar-refractivity contribution is -0.140. The molecule has 1 aromatic heterocycles. The van der Waals surface area contributed by atoms with Gasteiger partial charge in [-0.1, -0.05) is 0 Å². The zero-order valence-corrected chi connectivity index (χ0v) is 20.7. The number of nitrogens with zero attached hydrogens (tertiary/aromatic N) is 3. The molecule has 0 saturated carbocycles. The molecule has 4 heterocycles. The second-order valence-corrected chi connectivity index (χ2v) is 10.2. The highest BCUT2D eigenvalue weighted by molar-refractivity contribution is 6.02. The fourth-order valence-electron chi connectivity index (χ4n) is 5.64. The number of aromatic nitrogens is 1. The highest BCUT2D eigenvalue weighted by atomic mass is 16.5. The lowest BCUT2D eigenvalue weighted by Crippen LogP contribution is -2.53. The average Bonchev–Trinajstić information content (AvgIpc) is 2.85. The Hall–Kier alpha value is -3.46. The summed E-state index contributed by atoms with van der Waals surface area (Å²) < 4.78 is 6.35. The number of carbonyl (C=O) groups excluding carboxylic acids is 3. The van der Waals surface area contributed by atoms with Gasteiger partial charge in [0, 0.05) is 57.2 Å². The smallest absolute Gasteiger partial charge is 0.225 e. The molecule has 9 nitrogen and oxygen atoms in total. The topological polar surface area (TPSA) is 118 Å². The van der Waals surface area contributed by atoms with Gasteiger partial charge in [0.1, 0.15) is 17.2 Å². The molecule has 0 bridgehead atoms. The molecule has 0 aliphatic carbocycles. The van der Waals surface area contributed by atoms with E-state index in [1.807, 2.05) is 17.0 Å². The van der Waals surface area contributed by atoms with E-state index in [0.29, 0.717) is 55.2 Å². The van der Waals surface area contributed by atoms with E-state index in [-0.39, 0.29) is 23.5 Å². The van der Waals surface area contributed by atoms with Crippen molar-refractivity contribution < 1.29 is 19.1 Å². The van der Waals surface area contributed by atoms with E-state index >= 15 is 0 Å². The first-order chi connectivity index (χ1) is 17.3. The first-order valence-electron chi connectivity index (χ1n) is 12.7. The number of ketones is 1. The molecule has 3 aliphatic rings. The van der Waals surface area contributed by atoms with Gasteiger partial charge in [0.05, 0.1) is 12.0 Å². The number of Topliss-reactive ketones (excluding diaryl/α,β-unsaturated/α-hetero) is 1. The largest absolute Gasteiger partial charge is 0.486 e. The van der Waals surface area contributed by atoms with Crippen molar-refractivity contribution in [2.75, 3.05) is 37.2 Å². The van der Waals surface area contributed by atoms with Crippen molar-refractivity contribution in [3.63, 3.8) is 0 Å². The molecule has 1 spiro atoms. The Morgan fingerprint density at radius 3 is 2.58 bits per heavy atom. The number of nitrogens with two attached hydrogens (primary N) is 1. The van der Waals surface area contributed by atoms with Gasteiger partial charge in [-0.05, 0) is 61.8 Å². The Morgan fingerprint density at radius 1 is 1.14 bits per heavy atom. The summed E-state index contributed by atoms with van der Waals surface area (Å²) in [5, 5.41) is 2.71. The SMILES string of the molecule is CC(=O)Nc1ccc2c(c1)C(=O)CC1(CCN(C(=O)C3CCN(Cc4ccnc(N)c4)CC3)CC1)O2. The number of benzene rings is 1. The van der Waals surface area contributed by atoms with Crippen LogP contribution in [0.15, 0.2) is 36.5 Å². The highest BCUT2D eigenvalue weighted by Crippen LogP contribution is 2.40. The van der Waals surface area contributed by atoms with Crippen molar-refractivity contribution in [1.29, 1.82) is 0 Å². The molecule has 0 radical (unpaired) electrons. The number of rotatable bonds is 4. The van der Waals surface area contributed by atoms with Crippen LogP contribution >= 0.6 is 0 Å². The number of piperidine rings is 2. The van der Waals surface area contributed by atoms with Gasteiger partial charge in [-0.25, -0.2) is 4.98 Å². The number of ether oxygens (including phenoxy) is 1. The number of amides is 2. The first-order valence-corrected chi connectivity index (χ1v) is 12.7. The van der Waals surface area contributed by atoms with Crippen molar-refractivity contribution in [3.05, 3.63) is 47.7 Å². The van der Waals surface area contributed by atoms with Gasteiger partial charge in [0.2, 0.25) is 11.8 Å². The van der Waals surface area contributed by atoms with E-state index in [9.17, 15) is 14.4 Å². The van der Waals surface area contributed by atoms with Crippen molar-refractivity contribution in [3.8, 4) is 5.75 Å². The maximum atomic E-state index is 13.3. The van der Waals surface area contributed by atoms with Crippen molar-refractivity contribution in [2.45, 2.75) is 51.2 Å². The lowest BCUT2D eigenvalue weighted by atomic mass is 9.82. The molecular formula is C27H33N5O4.